The molecule has 0 aliphatic heterocycles. The molecule has 120 valence electrons. The summed E-state index contributed by atoms with van der Waals surface area (Å²) in [5.41, 5.74) is 5.76. The third kappa shape index (κ3) is 3.09. The smallest absolute Gasteiger partial charge is 0.0709 e. The van der Waals surface area contributed by atoms with Crippen molar-refractivity contribution in [3.05, 3.63) is 77.4 Å². The molecular weight excluding hydrogens is 314 g/mol. The predicted octanol–water partition coefficient (Wildman–Crippen LogP) is 6.73. The van der Waals surface area contributed by atoms with Gasteiger partial charge >= 0.3 is 0 Å². The van der Waals surface area contributed by atoms with E-state index in [9.17, 15) is 0 Å². The molecule has 2 aromatic carbocycles. The highest BCUT2D eigenvalue weighted by molar-refractivity contribution is 6.33. The van der Waals surface area contributed by atoms with Crippen LogP contribution in [0.1, 0.15) is 37.2 Å². The minimum Gasteiger partial charge on any atom is -0.255 e. The van der Waals surface area contributed by atoms with Gasteiger partial charge in [0.25, 0.3) is 0 Å². The van der Waals surface area contributed by atoms with E-state index >= 15 is 0 Å². The Morgan fingerprint density at radius 3 is 2.38 bits per heavy atom. The molecule has 3 aromatic rings. The van der Waals surface area contributed by atoms with Crippen LogP contribution in [0.5, 0.6) is 0 Å². The molecule has 1 heterocycles. The van der Waals surface area contributed by atoms with Crippen molar-refractivity contribution in [2.24, 2.45) is 0 Å². The van der Waals surface area contributed by atoms with Gasteiger partial charge in [-0.3, -0.25) is 4.98 Å². The molecule has 1 aliphatic carbocycles. The van der Waals surface area contributed by atoms with E-state index < -0.39 is 0 Å². The van der Waals surface area contributed by atoms with Gasteiger partial charge in [0.15, 0.2) is 0 Å². The van der Waals surface area contributed by atoms with Crippen LogP contribution in [0.15, 0.2) is 66.9 Å². The second-order valence-electron chi connectivity index (χ2n) is 6.52. The van der Waals surface area contributed by atoms with Crippen LogP contribution in [0.2, 0.25) is 5.02 Å². The molecule has 0 amide bonds. The first kappa shape index (κ1) is 15.4. The van der Waals surface area contributed by atoms with Gasteiger partial charge in [-0.05, 0) is 36.0 Å². The Morgan fingerprint density at radius 1 is 0.833 bits per heavy atom. The molecule has 0 radical (unpaired) electrons. The number of aromatic nitrogens is 1. The zero-order valence-corrected chi connectivity index (χ0v) is 14.3. The molecule has 1 aromatic heterocycles. The van der Waals surface area contributed by atoms with Crippen molar-refractivity contribution >= 4 is 11.6 Å². The third-order valence-electron chi connectivity index (χ3n) is 4.95. The van der Waals surface area contributed by atoms with E-state index in [-0.39, 0.29) is 0 Å². The zero-order chi connectivity index (χ0) is 16.4. The summed E-state index contributed by atoms with van der Waals surface area (Å²) in [7, 11) is 0. The van der Waals surface area contributed by atoms with Crippen LogP contribution < -0.4 is 0 Å². The van der Waals surface area contributed by atoms with Gasteiger partial charge in [0, 0.05) is 17.3 Å². The Hall–Kier alpha value is -2.12. The van der Waals surface area contributed by atoms with Crippen LogP contribution in [-0.2, 0) is 0 Å². The van der Waals surface area contributed by atoms with Crippen LogP contribution in [0, 0.1) is 0 Å². The van der Waals surface area contributed by atoms with Gasteiger partial charge in [-0.2, -0.15) is 0 Å². The van der Waals surface area contributed by atoms with E-state index in [2.05, 4.69) is 47.4 Å². The largest absolute Gasteiger partial charge is 0.255 e. The highest BCUT2D eigenvalue weighted by Gasteiger charge is 2.17. The summed E-state index contributed by atoms with van der Waals surface area (Å²) in [4.78, 5) is 4.50. The van der Waals surface area contributed by atoms with Gasteiger partial charge in [0.2, 0.25) is 0 Å². The van der Waals surface area contributed by atoms with E-state index in [1.165, 1.54) is 36.8 Å². The highest BCUT2D eigenvalue weighted by atomic mass is 35.5. The highest BCUT2D eigenvalue weighted by Crippen LogP contribution is 2.37. The van der Waals surface area contributed by atoms with Crippen molar-refractivity contribution in [3.63, 3.8) is 0 Å². The predicted molar refractivity (Wildman–Crippen MR) is 101 cm³/mol. The molecule has 1 saturated carbocycles. The zero-order valence-electron chi connectivity index (χ0n) is 13.6. The summed E-state index contributed by atoms with van der Waals surface area (Å²) >= 11 is 6.47. The maximum absolute atomic E-state index is 6.47. The lowest BCUT2D eigenvalue weighted by molar-refractivity contribution is 0.723. The van der Waals surface area contributed by atoms with Crippen molar-refractivity contribution in [3.8, 4) is 22.4 Å². The fourth-order valence-electron chi connectivity index (χ4n) is 3.65. The summed E-state index contributed by atoms with van der Waals surface area (Å²) in [6.07, 6.45) is 7.08. The second kappa shape index (κ2) is 6.78. The molecule has 1 aliphatic rings. The van der Waals surface area contributed by atoms with Gasteiger partial charge in [-0.25, -0.2) is 0 Å². The minimum absolute atomic E-state index is 0.707. The molecule has 0 saturated heterocycles. The summed E-state index contributed by atoms with van der Waals surface area (Å²) in [5.74, 6) is 0.708. The maximum atomic E-state index is 6.47. The molecular formula is C22H20ClN. The van der Waals surface area contributed by atoms with Crippen molar-refractivity contribution in [2.45, 2.75) is 31.6 Å². The Labute approximate surface area is 148 Å². The topological polar surface area (TPSA) is 12.9 Å². The number of hydrogen-bond donors (Lipinski definition) is 0. The Kier molecular flexibility index (Phi) is 4.36. The van der Waals surface area contributed by atoms with E-state index in [4.69, 9.17) is 11.6 Å². The van der Waals surface area contributed by atoms with Crippen molar-refractivity contribution in [1.82, 2.24) is 4.98 Å². The first-order chi connectivity index (χ1) is 11.8. The lowest BCUT2D eigenvalue weighted by Gasteiger charge is -2.13. The molecule has 0 atom stereocenters. The van der Waals surface area contributed by atoms with E-state index in [0.29, 0.717) is 10.9 Å². The Morgan fingerprint density at radius 2 is 1.58 bits per heavy atom. The number of hydrogen-bond acceptors (Lipinski definition) is 1. The molecule has 1 nitrogen and oxygen atoms in total. The van der Waals surface area contributed by atoms with Crippen LogP contribution in [0.4, 0.5) is 0 Å². The molecule has 1 fully saturated rings. The summed E-state index contributed by atoms with van der Waals surface area (Å²) < 4.78 is 0. The molecule has 0 N–H and O–H groups in total. The second-order valence-corrected chi connectivity index (χ2v) is 6.93. The first-order valence-electron chi connectivity index (χ1n) is 8.62. The van der Waals surface area contributed by atoms with E-state index in [0.717, 1.165) is 16.8 Å². The molecule has 0 spiro atoms. The average Bonchev–Trinajstić information content (AvgIpc) is 3.18. The van der Waals surface area contributed by atoms with E-state index in [1.807, 2.05) is 18.2 Å². The number of rotatable bonds is 3. The normalized spacial score (nSPS) is 14.9. The number of nitrogens with zero attached hydrogens (tertiary/aromatic N) is 1. The molecule has 24 heavy (non-hydrogen) atoms. The molecule has 0 bridgehead atoms. The summed E-state index contributed by atoms with van der Waals surface area (Å²) in [5, 5.41) is 0.707. The lowest BCUT2D eigenvalue weighted by Crippen LogP contribution is -1.93. The molecule has 0 unspecified atom stereocenters. The fraction of sp³-hybridized carbons (Fsp3) is 0.227. The number of pyridine rings is 1. The minimum atomic E-state index is 0.707. The monoisotopic (exact) mass is 333 g/mol. The van der Waals surface area contributed by atoms with Crippen LogP contribution in [-0.4, -0.2) is 4.98 Å². The van der Waals surface area contributed by atoms with Crippen LogP contribution in [0.3, 0.4) is 0 Å². The van der Waals surface area contributed by atoms with Gasteiger partial charge < -0.3 is 0 Å². The fourth-order valence-corrected chi connectivity index (χ4v) is 3.86. The van der Waals surface area contributed by atoms with Gasteiger partial charge in [-0.1, -0.05) is 79.0 Å². The Balaban J connectivity index is 1.75. The SMILES string of the molecule is Clc1cnc(-c2ccccc2)cc1-c1cccc(C2CCCC2)c1. The van der Waals surface area contributed by atoms with Crippen molar-refractivity contribution in [2.75, 3.05) is 0 Å². The number of halogens is 1. The van der Waals surface area contributed by atoms with Crippen molar-refractivity contribution in [1.29, 1.82) is 0 Å². The third-order valence-corrected chi connectivity index (χ3v) is 5.25. The van der Waals surface area contributed by atoms with Gasteiger partial charge in [0.05, 0.1) is 10.7 Å². The van der Waals surface area contributed by atoms with Crippen LogP contribution in [0.25, 0.3) is 22.4 Å². The standard InChI is InChI=1S/C22H20ClN/c23-21-15-24-22(17-9-2-1-3-10-17)14-20(21)19-12-6-11-18(13-19)16-7-4-5-8-16/h1-3,6,9-16H,4-5,7-8H2. The quantitative estimate of drug-likeness (QED) is 0.518. The van der Waals surface area contributed by atoms with Gasteiger partial charge in [-0.15, -0.1) is 0 Å². The summed E-state index contributed by atoms with van der Waals surface area (Å²) in [6.45, 7) is 0. The number of benzene rings is 2. The maximum Gasteiger partial charge on any atom is 0.0709 e. The Bertz CT molecular complexity index is 836. The molecule has 4 rings (SSSR count). The van der Waals surface area contributed by atoms with Gasteiger partial charge in [0.1, 0.15) is 0 Å². The van der Waals surface area contributed by atoms with Crippen LogP contribution >= 0.6 is 11.6 Å². The average molecular weight is 334 g/mol. The first-order valence-corrected chi connectivity index (χ1v) is 9.00. The summed E-state index contributed by atoms with van der Waals surface area (Å²) in [6, 6.07) is 21.2. The van der Waals surface area contributed by atoms with Crippen molar-refractivity contribution < 1.29 is 0 Å². The van der Waals surface area contributed by atoms with E-state index in [1.54, 1.807) is 6.20 Å². The molecule has 2 heteroatoms. The lowest BCUT2D eigenvalue weighted by atomic mass is 9.94.